The van der Waals surface area contributed by atoms with Gasteiger partial charge in [0, 0.05) is 16.6 Å². The van der Waals surface area contributed by atoms with Crippen molar-refractivity contribution in [1.82, 2.24) is 34.6 Å². The van der Waals surface area contributed by atoms with E-state index in [-0.39, 0.29) is 0 Å². The van der Waals surface area contributed by atoms with Crippen LogP contribution in [0.5, 0.6) is 0 Å². The smallest absolute Gasteiger partial charge is 0.117 e. The molecule has 0 spiro atoms. The molecule has 0 N–H and O–H groups in total. The zero-order valence-corrected chi connectivity index (χ0v) is 33.1. The predicted molar refractivity (Wildman–Crippen MR) is 209 cm³/mol. The van der Waals surface area contributed by atoms with Gasteiger partial charge in [-0.3, -0.25) is 0 Å². The van der Waals surface area contributed by atoms with Crippen LogP contribution in [0.1, 0.15) is 94.7 Å². The lowest BCUT2D eigenvalue weighted by Gasteiger charge is -2.26. The first kappa shape index (κ1) is 33.7. The Morgan fingerprint density at radius 1 is 0.300 bits per heavy atom. The second-order valence-corrected chi connectivity index (χ2v) is 15.1. The van der Waals surface area contributed by atoms with E-state index in [1.54, 1.807) is 0 Å². The molecule has 0 aliphatic heterocycles. The van der Waals surface area contributed by atoms with Crippen LogP contribution in [-0.2, 0) is 0 Å². The summed E-state index contributed by atoms with van der Waals surface area (Å²) >= 11 is 0. The molecule has 7 rings (SSSR count). The summed E-state index contributed by atoms with van der Waals surface area (Å²) in [5, 5.41) is 20.9. The van der Waals surface area contributed by atoms with Gasteiger partial charge in [0.15, 0.2) is 0 Å². The van der Waals surface area contributed by atoms with Crippen LogP contribution in [0.15, 0.2) is 0 Å². The van der Waals surface area contributed by atoms with E-state index in [4.69, 9.17) is 20.6 Å². The predicted octanol–water partition coefficient (Wildman–Crippen LogP) is 10.3. The molecule has 0 saturated carbocycles. The fourth-order valence-electron chi connectivity index (χ4n) is 8.87. The molecule has 0 fully saturated rings. The van der Waals surface area contributed by atoms with E-state index in [1.165, 1.54) is 88.9 Å². The molecule has 7 aromatic rings. The van der Waals surface area contributed by atoms with Crippen molar-refractivity contribution in [3.05, 3.63) is 94.7 Å². The van der Waals surface area contributed by atoms with E-state index in [1.807, 2.05) is 0 Å². The Labute approximate surface area is 296 Å². The normalized spacial score (nSPS) is 12.1. The van der Waals surface area contributed by atoms with Gasteiger partial charge in [0.25, 0.3) is 0 Å². The van der Waals surface area contributed by atoms with Gasteiger partial charge >= 0.3 is 0 Å². The van der Waals surface area contributed by atoms with Crippen LogP contribution in [0, 0.1) is 118 Å². The monoisotopic (exact) mass is 665 g/mol. The van der Waals surface area contributed by atoms with Gasteiger partial charge in [0.05, 0.1) is 33.6 Å². The molecule has 0 atom stereocenters. The van der Waals surface area contributed by atoms with Crippen molar-refractivity contribution in [2.24, 2.45) is 0 Å². The lowest BCUT2D eigenvalue weighted by atomic mass is 9.93. The Morgan fingerprint density at radius 3 is 1.06 bits per heavy atom. The minimum absolute atomic E-state index is 0.952. The number of aryl methyl sites for hydroxylation is 7. The highest BCUT2D eigenvalue weighted by Crippen LogP contribution is 2.43. The van der Waals surface area contributed by atoms with Gasteiger partial charge in [-0.05, 0) is 201 Å². The largest absolute Gasteiger partial charge is 0.313 e. The maximum Gasteiger partial charge on any atom is 0.117 e. The third kappa shape index (κ3) is 4.09. The van der Waals surface area contributed by atoms with Gasteiger partial charge in [0.1, 0.15) is 11.0 Å². The third-order valence-corrected chi connectivity index (χ3v) is 13.0. The topological polar surface area (TPSA) is 66.3 Å². The highest BCUT2D eigenvalue weighted by Gasteiger charge is 2.29. The fraction of sp³-hybridized carbons (Fsp3) is 0.395. The zero-order chi connectivity index (χ0) is 36.6. The molecule has 4 aromatic carbocycles. The van der Waals surface area contributed by atoms with Crippen LogP contribution in [-0.4, -0.2) is 34.6 Å². The van der Waals surface area contributed by atoms with E-state index in [2.05, 4.69) is 132 Å². The lowest BCUT2D eigenvalue weighted by Crippen LogP contribution is -2.16. The molecule has 0 bridgehead atoms. The maximum absolute atomic E-state index is 4.96. The molecule has 7 nitrogen and oxygen atoms in total. The Bertz CT molecular complexity index is 2530. The number of benzene rings is 4. The van der Waals surface area contributed by atoms with Gasteiger partial charge in [0.2, 0.25) is 0 Å². The second kappa shape index (κ2) is 11.1. The zero-order valence-electron chi connectivity index (χ0n) is 33.1. The molecule has 3 heterocycles. The molecule has 0 amide bonds. The Morgan fingerprint density at radius 2 is 0.640 bits per heavy atom. The van der Waals surface area contributed by atoms with Crippen LogP contribution in [0.2, 0.25) is 0 Å². The molecule has 0 saturated heterocycles. The van der Waals surface area contributed by atoms with Crippen molar-refractivity contribution in [1.29, 1.82) is 0 Å². The highest BCUT2D eigenvalue weighted by molar-refractivity contribution is 5.96. The molecule has 7 heteroatoms. The summed E-state index contributed by atoms with van der Waals surface area (Å²) in [6.45, 7) is 37.9. The summed E-state index contributed by atoms with van der Waals surface area (Å²) < 4.78 is 6.74. The van der Waals surface area contributed by atoms with Gasteiger partial charge in [-0.25, -0.2) is 9.36 Å². The number of fused-ring (bicyclic) bond motifs is 3. The van der Waals surface area contributed by atoms with E-state index < -0.39 is 0 Å². The molecule has 50 heavy (non-hydrogen) atoms. The molecular formula is C43H51N7. The van der Waals surface area contributed by atoms with E-state index in [0.29, 0.717) is 0 Å². The van der Waals surface area contributed by atoms with Gasteiger partial charge in [-0.1, -0.05) is 10.4 Å². The van der Waals surface area contributed by atoms with Crippen molar-refractivity contribution in [3.63, 3.8) is 0 Å². The number of hydrogen-bond donors (Lipinski definition) is 0. The van der Waals surface area contributed by atoms with Crippen LogP contribution < -0.4 is 0 Å². The summed E-state index contributed by atoms with van der Waals surface area (Å²) in [4.78, 5) is 0. The van der Waals surface area contributed by atoms with E-state index in [0.717, 1.165) is 55.8 Å². The average Bonchev–Trinajstić information content (AvgIpc) is 3.78. The molecule has 258 valence electrons. The van der Waals surface area contributed by atoms with Crippen molar-refractivity contribution < 1.29 is 0 Å². The lowest BCUT2D eigenvalue weighted by molar-refractivity contribution is 0.784. The number of nitrogens with zero attached hydrogens (tertiary/aromatic N) is 7. The van der Waals surface area contributed by atoms with E-state index >= 15 is 0 Å². The van der Waals surface area contributed by atoms with Crippen molar-refractivity contribution in [2.75, 3.05) is 0 Å². The van der Waals surface area contributed by atoms with Gasteiger partial charge in [-0.15, -0.1) is 10.2 Å². The first-order valence-corrected chi connectivity index (χ1v) is 17.8. The molecule has 3 aromatic heterocycles. The minimum atomic E-state index is 0.952. The Hall–Kier alpha value is -4.78. The van der Waals surface area contributed by atoms with Gasteiger partial charge < -0.3 is 4.57 Å². The molecule has 0 radical (unpaired) electrons. The van der Waals surface area contributed by atoms with Crippen LogP contribution in [0.3, 0.4) is 0 Å². The number of hydrogen-bond acceptors (Lipinski definition) is 4. The molecular weight excluding hydrogens is 615 g/mol. The first-order chi connectivity index (χ1) is 23.4. The minimum Gasteiger partial charge on any atom is -0.313 e. The summed E-state index contributed by atoms with van der Waals surface area (Å²) in [6, 6.07) is 0. The molecule has 0 unspecified atom stereocenters. The van der Waals surface area contributed by atoms with Crippen molar-refractivity contribution in [3.8, 4) is 17.1 Å². The summed E-state index contributed by atoms with van der Waals surface area (Å²) in [7, 11) is 0. The molecule has 0 aliphatic rings. The maximum atomic E-state index is 4.96. The summed E-state index contributed by atoms with van der Waals surface area (Å²) in [6.07, 6.45) is 0. The SMILES string of the molecule is Cc1c(-n2nnc3c(C)c(C)c(C)c(C)c32)c(C)c(-n2c(C)c(C)c3c(C)c(C)c(C)c(C)c32)c(C)c1-n1nnc2c(C)c(C)c(C)c(C)c21. The number of rotatable bonds is 3. The second-order valence-electron chi connectivity index (χ2n) is 15.1. The highest BCUT2D eigenvalue weighted by atomic mass is 15.4. The summed E-state index contributed by atoms with van der Waals surface area (Å²) in [5.41, 5.74) is 29.7. The Kier molecular flexibility index (Phi) is 7.49. The summed E-state index contributed by atoms with van der Waals surface area (Å²) in [5.74, 6) is 0. The van der Waals surface area contributed by atoms with E-state index in [9.17, 15) is 0 Å². The number of aromatic nitrogens is 7. The van der Waals surface area contributed by atoms with Crippen LogP contribution >= 0.6 is 0 Å². The fourth-order valence-corrected chi connectivity index (χ4v) is 8.87. The van der Waals surface area contributed by atoms with Crippen LogP contribution in [0.25, 0.3) is 50.0 Å². The quantitative estimate of drug-likeness (QED) is 0.188. The molecule has 0 aliphatic carbocycles. The van der Waals surface area contributed by atoms with Crippen molar-refractivity contribution in [2.45, 2.75) is 118 Å². The first-order valence-electron chi connectivity index (χ1n) is 17.8. The van der Waals surface area contributed by atoms with Gasteiger partial charge in [-0.2, -0.15) is 0 Å². The third-order valence-electron chi connectivity index (χ3n) is 13.0. The van der Waals surface area contributed by atoms with Crippen molar-refractivity contribution >= 4 is 33.0 Å². The van der Waals surface area contributed by atoms with Crippen LogP contribution in [0.4, 0.5) is 0 Å². The average molecular weight is 666 g/mol. The standard InChI is InChI=1S/C43H51N7/c1-18-21(4)27(10)41-35(24(18)7)30(13)34(17)48(41)38-31(14)39(49-42-28(11)22(5)19(2)25(8)36(42)44-46-49)33(16)40(32(38)15)50-43-29(12)23(6)20(3)26(9)37(43)45-47-50/h1-17H3. The Balaban J connectivity index is 1.74.